The Morgan fingerprint density at radius 2 is 1.97 bits per heavy atom. The maximum atomic E-state index is 10.5. The van der Waals surface area contributed by atoms with Crippen LogP contribution in [0.4, 0.5) is 16.9 Å². The van der Waals surface area contributed by atoms with E-state index in [0.717, 1.165) is 20.8 Å². The number of rotatable bonds is 6. The first-order valence-corrected chi connectivity index (χ1v) is 11.9. The van der Waals surface area contributed by atoms with E-state index in [1.165, 1.54) is 11.3 Å². The Balaban J connectivity index is 1.57. The molecule has 1 fully saturated rings. The molecule has 3 aromatic heterocycles. The van der Waals surface area contributed by atoms with Gasteiger partial charge in [0.05, 0.1) is 33.6 Å². The number of hydrogen-bond acceptors (Lipinski definition) is 11. The van der Waals surface area contributed by atoms with Crippen LogP contribution in [0.3, 0.4) is 0 Å². The number of benzene rings is 1. The summed E-state index contributed by atoms with van der Waals surface area (Å²) in [6.45, 7) is 1.69. The Bertz CT molecular complexity index is 1200. The van der Waals surface area contributed by atoms with Gasteiger partial charge in [-0.3, -0.25) is 5.32 Å². The van der Waals surface area contributed by atoms with Crippen molar-refractivity contribution in [1.29, 1.82) is 0 Å². The van der Waals surface area contributed by atoms with E-state index in [1.54, 1.807) is 17.5 Å². The lowest BCUT2D eigenvalue weighted by Gasteiger charge is -2.21. The summed E-state index contributed by atoms with van der Waals surface area (Å²) in [6.07, 6.45) is 0.0798. The second-order valence-corrected chi connectivity index (χ2v) is 9.64. The second-order valence-electron chi connectivity index (χ2n) is 7.72. The van der Waals surface area contributed by atoms with Crippen LogP contribution in [-0.4, -0.2) is 60.1 Å². The van der Waals surface area contributed by atoms with Crippen LogP contribution >= 0.6 is 22.7 Å². The smallest absolute Gasteiger partial charge is 0.231 e. The van der Waals surface area contributed by atoms with Crippen molar-refractivity contribution in [3.8, 4) is 10.6 Å². The molecule has 5 rings (SSSR count). The third-order valence-corrected chi connectivity index (χ3v) is 7.35. The predicted octanol–water partition coefficient (Wildman–Crippen LogP) is 2.78. The summed E-state index contributed by atoms with van der Waals surface area (Å²) in [6, 6.07) is 7.42. The number of aliphatic hydroxyl groups is 3. The Hall–Kier alpha value is -2.70. The normalized spacial score (nSPS) is 23.0. The first-order valence-electron chi connectivity index (χ1n) is 10.2. The predicted molar refractivity (Wildman–Crippen MR) is 125 cm³/mol. The average molecular weight is 471 g/mol. The van der Waals surface area contributed by atoms with Crippen LogP contribution in [0.1, 0.15) is 12.1 Å². The molecule has 0 amide bonds. The summed E-state index contributed by atoms with van der Waals surface area (Å²) >= 11 is 2.98. The lowest BCUT2D eigenvalue weighted by Crippen LogP contribution is -2.35. The molecule has 0 radical (unpaired) electrons. The highest BCUT2D eigenvalue weighted by atomic mass is 32.1. The van der Waals surface area contributed by atoms with Gasteiger partial charge in [-0.1, -0.05) is 12.1 Å². The SMILES string of the molecule is Cc1nc(Nc2nccs2)nc(N[C@@H]2C[C@H](CO)[C@@H](O)[C@H]2O)c1-c1nc2ccccc2s1. The zero-order chi connectivity index (χ0) is 22.2. The molecule has 1 saturated carbocycles. The number of nitrogens with one attached hydrogen (secondary N) is 2. The molecule has 1 aliphatic carbocycles. The van der Waals surface area contributed by atoms with Crippen molar-refractivity contribution >= 4 is 49.8 Å². The quantitative estimate of drug-likeness (QED) is 0.288. The third-order valence-electron chi connectivity index (χ3n) is 5.61. The lowest BCUT2D eigenvalue weighted by atomic mass is 10.1. The average Bonchev–Trinajstić information content (AvgIpc) is 3.49. The van der Waals surface area contributed by atoms with Crippen molar-refractivity contribution in [2.75, 3.05) is 17.2 Å². The summed E-state index contributed by atoms with van der Waals surface area (Å²) in [5.41, 5.74) is 2.34. The highest BCUT2D eigenvalue weighted by molar-refractivity contribution is 7.21. The zero-order valence-corrected chi connectivity index (χ0v) is 18.8. The molecule has 3 heterocycles. The topological polar surface area (TPSA) is 136 Å². The van der Waals surface area contributed by atoms with Crippen molar-refractivity contribution in [1.82, 2.24) is 19.9 Å². The van der Waals surface area contributed by atoms with E-state index < -0.39 is 24.2 Å². The van der Waals surface area contributed by atoms with Crippen LogP contribution in [-0.2, 0) is 0 Å². The Morgan fingerprint density at radius 3 is 2.69 bits per heavy atom. The minimum atomic E-state index is -1.03. The van der Waals surface area contributed by atoms with E-state index in [4.69, 9.17) is 4.98 Å². The number of aryl methyl sites for hydroxylation is 1. The van der Waals surface area contributed by atoms with Crippen LogP contribution < -0.4 is 10.6 Å². The number of anilines is 3. The fraction of sp³-hybridized carbons (Fsp3) is 0.333. The Morgan fingerprint density at radius 1 is 1.12 bits per heavy atom. The van der Waals surface area contributed by atoms with E-state index in [2.05, 4.69) is 25.6 Å². The van der Waals surface area contributed by atoms with Crippen LogP contribution in [0.15, 0.2) is 35.8 Å². The lowest BCUT2D eigenvalue weighted by molar-refractivity contribution is 0.00446. The van der Waals surface area contributed by atoms with Crippen LogP contribution in [0.25, 0.3) is 20.8 Å². The maximum absolute atomic E-state index is 10.5. The third kappa shape index (κ3) is 3.93. The molecule has 0 unspecified atom stereocenters. The molecule has 0 spiro atoms. The molecule has 4 atom stereocenters. The van der Waals surface area contributed by atoms with Gasteiger partial charge in [0, 0.05) is 24.1 Å². The number of aliphatic hydroxyl groups excluding tert-OH is 3. The molecule has 4 aromatic rings. The van der Waals surface area contributed by atoms with E-state index in [-0.39, 0.29) is 6.61 Å². The van der Waals surface area contributed by atoms with Crippen molar-refractivity contribution in [3.63, 3.8) is 0 Å². The van der Waals surface area contributed by atoms with Crippen molar-refractivity contribution in [2.24, 2.45) is 5.92 Å². The number of fused-ring (bicyclic) bond motifs is 1. The highest BCUT2D eigenvalue weighted by Crippen LogP contribution is 2.38. The molecule has 0 saturated heterocycles. The van der Waals surface area contributed by atoms with E-state index in [1.807, 2.05) is 36.6 Å². The molecular weight excluding hydrogens is 448 g/mol. The van der Waals surface area contributed by atoms with Gasteiger partial charge in [-0.15, -0.1) is 22.7 Å². The maximum Gasteiger partial charge on any atom is 0.231 e. The fourth-order valence-corrected chi connectivity index (χ4v) is 5.56. The number of aromatic nitrogens is 4. The van der Waals surface area contributed by atoms with Gasteiger partial charge in [0.15, 0.2) is 5.13 Å². The summed E-state index contributed by atoms with van der Waals surface area (Å²) in [7, 11) is 0. The van der Waals surface area contributed by atoms with Crippen LogP contribution in [0.2, 0.25) is 0 Å². The fourth-order valence-electron chi connectivity index (χ4n) is 3.97. The molecular formula is C21H22N6O3S2. The number of nitrogens with zero attached hydrogens (tertiary/aromatic N) is 4. The molecule has 1 aliphatic rings. The van der Waals surface area contributed by atoms with Crippen molar-refractivity contribution < 1.29 is 15.3 Å². The number of hydrogen-bond donors (Lipinski definition) is 5. The second kappa shape index (κ2) is 8.68. The summed E-state index contributed by atoms with van der Waals surface area (Å²) in [5.74, 6) is 0.478. The minimum absolute atomic E-state index is 0.194. The highest BCUT2D eigenvalue weighted by Gasteiger charge is 2.41. The molecule has 11 heteroatoms. The summed E-state index contributed by atoms with van der Waals surface area (Å²) in [4.78, 5) is 18.3. The first-order chi connectivity index (χ1) is 15.5. The van der Waals surface area contributed by atoms with E-state index in [9.17, 15) is 15.3 Å². The van der Waals surface area contributed by atoms with Gasteiger partial charge in [0.25, 0.3) is 0 Å². The van der Waals surface area contributed by atoms with Crippen molar-refractivity contribution in [2.45, 2.75) is 31.6 Å². The van der Waals surface area contributed by atoms with Crippen LogP contribution in [0.5, 0.6) is 0 Å². The summed E-state index contributed by atoms with van der Waals surface area (Å²) < 4.78 is 1.05. The van der Waals surface area contributed by atoms with Crippen molar-refractivity contribution in [3.05, 3.63) is 41.5 Å². The van der Waals surface area contributed by atoms with E-state index >= 15 is 0 Å². The monoisotopic (exact) mass is 470 g/mol. The van der Waals surface area contributed by atoms with E-state index in [0.29, 0.717) is 29.0 Å². The van der Waals surface area contributed by atoms with Gasteiger partial charge in [0.1, 0.15) is 16.9 Å². The van der Waals surface area contributed by atoms with Gasteiger partial charge in [0.2, 0.25) is 5.95 Å². The standard InChI is InChI=1S/C21H22N6O3S2/c1-10-15(19-25-12-4-2-3-5-14(12)32-19)18(24-13-8-11(9-28)16(29)17(13)30)26-20(23-10)27-21-22-6-7-31-21/h2-7,11,13,16-17,28-30H,8-9H2,1H3,(H2,22,23,24,26,27)/t11-,13-,16-,17+/m1/s1. The zero-order valence-electron chi connectivity index (χ0n) is 17.1. The Labute approximate surface area is 191 Å². The molecule has 32 heavy (non-hydrogen) atoms. The van der Waals surface area contributed by atoms with Gasteiger partial charge < -0.3 is 20.6 Å². The molecule has 5 N–H and O–H groups in total. The largest absolute Gasteiger partial charge is 0.396 e. The van der Waals surface area contributed by atoms with Crippen LogP contribution in [0, 0.1) is 12.8 Å². The molecule has 0 aliphatic heterocycles. The molecule has 0 bridgehead atoms. The Kier molecular flexibility index (Phi) is 5.74. The summed E-state index contributed by atoms with van der Waals surface area (Å²) in [5, 5.41) is 40.0. The number of thiazole rings is 2. The first kappa shape index (κ1) is 21.2. The number of para-hydroxylation sites is 1. The molecule has 166 valence electrons. The van der Waals surface area contributed by atoms with Gasteiger partial charge >= 0.3 is 0 Å². The molecule has 1 aromatic carbocycles. The van der Waals surface area contributed by atoms with Gasteiger partial charge in [-0.25, -0.2) is 15.0 Å². The molecule has 9 nitrogen and oxygen atoms in total. The van der Waals surface area contributed by atoms with Gasteiger partial charge in [-0.05, 0) is 25.5 Å². The van der Waals surface area contributed by atoms with Gasteiger partial charge in [-0.2, -0.15) is 4.98 Å². The minimum Gasteiger partial charge on any atom is -0.396 e.